The molecule has 0 saturated heterocycles. The second kappa shape index (κ2) is 5.54. The van der Waals surface area contributed by atoms with Crippen LogP contribution in [0.5, 0.6) is 0 Å². The summed E-state index contributed by atoms with van der Waals surface area (Å²) in [6.45, 7) is 0. The number of benzene rings is 1. The SMILES string of the molecule is Fc1cccc(C=Nn2c(-c3n[nH]c4c3CCC4)n[nH]c2=S)c1. The minimum Gasteiger partial charge on any atom is -0.282 e. The molecule has 3 aromatic rings. The molecule has 2 aromatic heterocycles. The van der Waals surface area contributed by atoms with Gasteiger partial charge in [0.1, 0.15) is 11.5 Å². The topological polar surface area (TPSA) is 74.7 Å². The Kier molecular flexibility index (Phi) is 3.38. The lowest BCUT2D eigenvalue weighted by molar-refractivity contribution is 0.627. The minimum atomic E-state index is -0.310. The van der Waals surface area contributed by atoms with E-state index < -0.39 is 0 Å². The van der Waals surface area contributed by atoms with Crippen molar-refractivity contribution in [1.29, 1.82) is 0 Å². The normalized spacial score (nSPS) is 13.8. The van der Waals surface area contributed by atoms with Crippen LogP contribution in [0.4, 0.5) is 4.39 Å². The number of nitrogens with one attached hydrogen (secondary N) is 2. The van der Waals surface area contributed by atoms with Crippen molar-refractivity contribution in [2.45, 2.75) is 19.3 Å². The van der Waals surface area contributed by atoms with Gasteiger partial charge in [-0.2, -0.15) is 20.0 Å². The maximum Gasteiger partial charge on any atom is 0.216 e. The first-order chi connectivity index (χ1) is 11.2. The van der Waals surface area contributed by atoms with E-state index in [2.05, 4.69) is 25.5 Å². The number of nitrogens with zero attached hydrogens (tertiary/aromatic N) is 4. The Morgan fingerprint density at radius 1 is 1.26 bits per heavy atom. The molecule has 0 radical (unpaired) electrons. The molecule has 0 fully saturated rings. The monoisotopic (exact) mass is 328 g/mol. The summed E-state index contributed by atoms with van der Waals surface area (Å²) < 4.78 is 15.1. The van der Waals surface area contributed by atoms with Gasteiger partial charge in [-0.1, -0.05) is 12.1 Å². The summed E-state index contributed by atoms with van der Waals surface area (Å²) in [5, 5.41) is 18.7. The van der Waals surface area contributed by atoms with Crippen molar-refractivity contribution in [3.05, 3.63) is 51.7 Å². The van der Waals surface area contributed by atoms with E-state index in [0.29, 0.717) is 16.2 Å². The fraction of sp³-hybridized carbons (Fsp3) is 0.200. The number of aryl methyl sites for hydroxylation is 1. The average Bonchev–Trinajstić information content (AvgIpc) is 3.21. The summed E-state index contributed by atoms with van der Waals surface area (Å²) in [7, 11) is 0. The predicted molar refractivity (Wildman–Crippen MR) is 86.4 cm³/mol. The number of fused-ring (bicyclic) bond motifs is 1. The van der Waals surface area contributed by atoms with Crippen LogP contribution >= 0.6 is 12.2 Å². The molecule has 2 N–H and O–H groups in total. The van der Waals surface area contributed by atoms with Gasteiger partial charge in [0, 0.05) is 11.3 Å². The van der Waals surface area contributed by atoms with Crippen molar-refractivity contribution >= 4 is 18.4 Å². The van der Waals surface area contributed by atoms with E-state index in [1.54, 1.807) is 18.3 Å². The quantitative estimate of drug-likeness (QED) is 0.573. The molecule has 8 heteroatoms. The lowest BCUT2D eigenvalue weighted by atomic mass is 10.2. The van der Waals surface area contributed by atoms with Crippen LogP contribution in [0.25, 0.3) is 11.5 Å². The van der Waals surface area contributed by atoms with Crippen LogP contribution in [-0.4, -0.2) is 31.3 Å². The van der Waals surface area contributed by atoms with Crippen LogP contribution in [0.2, 0.25) is 0 Å². The number of halogens is 1. The molecule has 2 heterocycles. The molecule has 0 bridgehead atoms. The van der Waals surface area contributed by atoms with Crippen molar-refractivity contribution in [2.75, 3.05) is 0 Å². The number of hydrogen-bond acceptors (Lipinski definition) is 4. The smallest absolute Gasteiger partial charge is 0.216 e. The first kappa shape index (κ1) is 14.0. The van der Waals surface area contributed by atoms with Crippen LogP contribution < -0.4 is 0 Å². The largest absolute Gasteiger partial charge is 0.282 e. The molecule has 1 aliphatic rings. The Bertz CT molecular complexity index is 951. The Morgan fingerprint density at radius 3 is 3.04 bits per heavy atom. The first-order valence-electron chi connectivity index (χ1n) is 7.26. The van der Waals surface area contributed by atoms with Gasteiger partial charge in [-0.25, -0.2) is 9.49 Å². The van der Waals surface area contributed by atoms with Gasteiger partial charge in [0.25, 0.3) is 0 Å². The second-order valence-corrected chi connectivity index (χ2v) is 5.73. The third-order valence-electron chi connectivity index (χ3n) is 3.84. The molecular weight excluding hydrogens is 315 g/mol. The highest BCUT2D eigenvalue weighted by Gasteiger charge is 2.23. The molecule has 1 aromatic carbocycles. The third-order valence-corrected chi connectivity index (χ3v) is 4.10. The number of aromatic amines is 2. The number of aromatic nitrogens is 5. The van der Waals surface area contributed by atoms with E-state index in [1.165, 1.54) is 22.4 Å². The molecular formula is C15H13FN6S. The van der Waals surface area contributed by atoms with Gasteiger partial charge in [0.15, 0.2) is 0 Å². The minimum absolute atomic E-state index is 0.310. The summed E-state index contributed by atoms with van der Waals surface area (Å²) in [6.07, 6.45) is 4.62. The molecule has 116 valence electrons. The van der Waals surface area contributed by atoms with E-state index in [4.69, 9.17) is 12.2 Å². The van der Waals surface area contributed by atoms with Crippen LogP contribution in [0, 0.1) is 10.6 Å². The fourth-order valence-corrected chi connectivity index (χ4v) is 2.95. The third kappa shape index (κ3) is 2.50. The molecule has 0 spiro atoms. The molecule has 0 atom stereocenters. The number of hydrogen-bond donors (Lipinski definition) is 2. The van der Waals surface area contributed by atoms with E-state index in [0.717, 1.165) is 30.7 Å². The van der Waals surface area contributed by atoms with Gasteiger partial charge in [0.05, 0.1) is 6.21 Å². The van der Waals surface area contributed by atoms with Crippen LogP contribution in [0.3, 0.4) is 0 Å². The molecule has 1 aliphatic carbocycles. The maximum atomic E-state index is 13.2. The fourth-order valence-electron chi connectivity index (χ4n) is 2.77. The van der Waals surface area contributed by atoms with E-state index in [9.17, 15) is 4.39 Å². The Balaban J connectivity index is 1.75. The second-order valence-electron chi connectivity index (χ2n) is 5.35. The molecule has 0 amide bonds. The summed E-state index contributed by atoms with van der Waals surface area (Å²) in [6, 6.07) is 6.19. The Morgan fingerprint density at radius 2 is 2.17 bits per heavy atom. The van der Waals surface area contributed by atoms with Gasteiger partial charge in [-0.05, 0) is 49.2 Å². The highest BCUT2D eigenvalue weighted by Crippen LogP contribution is 2.29. The zero-order valence-corrected chi connectivity index (χ0v) is 12.9. The van der Waals surface area contributed by atoms with Crippen molar-refractivity contribution in [3.8, 4) is 11.5 Å². The Labute approximate surface area is 136 Å². The number of H-pyrrole nitrogens is 2. The Hall–Kier alpha value is -2.61. The van der Waals surface area contributed by atoms with E-state index >= 15 is 0 Å². The highest BCUT2D eigenvalue weighted by molar-refractivity contribution is 7.71. The van der Waals surface area contributed by atoms with Crippen LogP contribution in [0.1, 0.15) is 23.2 Å². The van der Waals surface area contributed by atoms with E-state index in [-0.39, 0.29) is 5.82 Å². The lowest BCUT2D eigenvalue weighted by Gasteiger charge is -2.00. The van der Waals surface area contributed by atoms with Crippen molar-refractivity contribution in [3.63, 3.8) is 0 Å². The van der Waals surface area contributed by atoms with Crippen molar-refractivity contribution in [1.82, 2.24) is 25.1 Å². The maximum absolute atomic E-state index is 13.2. The summed E-state index contributed by atoms with van der Waals surface area (Å²) in [5.74, 6) is 0.247. The highest BCUT2D eigenvalue weighted by atomic mass is 32.1. The zero-order valence-electron chi connectivity index (χ0n) is 12.1. The summed E-state index contributed by atoms with van der Waals surface area (Å²) in [5.41, 5.74) is 3.73. The lowest BCUT2D eigenvalue weighted by Crippen LogP contribution is -1.97. The van der Waals surface area contributed by atoms with Crippen LogP contribution in [0.15, 0.2) is 29.4 Å². The molecule has 4 rings (SSSR count). The molecule has 23 heavy (non-hydrogen) atoms. The van der Waals surface area contributed by atoms with E-state index in [1.807, 2.05) is 0 Å². The van der Waals surface area contributed by atoms with Gasteiger partial charge in [-0.3, -0.25) is 5.10 Å². The molecule has 0 saturated carbocycles. The van der Waals surface area contributed by atoms with Gasteiger partial charge < -0.3 is 0 Å². The van der Waals surface area contributed by atoms with Gasteiger partial charge >= 0.3 is 0 Å². The van der Waals surface area contributed by atoms with Gasteiger partial charge in [0.2, 0.25) is 10.6 Å². The molecule has 0 unspecified atom stereocenters. The average molecular weight is 328 g/mol. The zero-order chi connectivity index (χ0) is 15.8. The standard InChI is InChI=1S/C15H13FN6S/c16-10-4-1-3-9(7-10)8-17-22-14(20-21-15(22)23)13-11-5-2-6-12(11)18-19-13/h1,3-4,7-8H,2,5-6H2,(H,18,19)(H,21,23). The predicted octanol–water partition coefficient (Wildman–Crippen LogP) is 2.84. The first-order valence-corrected chi connectivity index (χ1v) is 7.67. The van der Waals surface area contributed by atoms with Crippen molar-refractivity contribution in [2.24, 2.45) is 5.10 Å². The van der Waals surface area contributed by atoms with Gasteiger partial charge in [-0.15, -0.1) is 0 Å². The van der Waals surface area contributed by atoms with Crippen molar-refractivity contribution < 1.29 is 4.39 Å². The molecule has 0 aliphatic heterocycles. The number of rotatable bonds is 3. The summed E-state index contributed by atoms with van der Waals surface area (Å²) >= 11 is 5.24. The molecule has 6 nitrogen and oxygen atoms in total. The summed E-state index contributed by atoms with van der Waals surface area (Å²) in [4.78, 5) is 0. The van der Waals surface area contributed by atoms with Crippen LogP contribution in [-0.2, 0) is 12.8 Å².